The van der Waals surface area contributed by atoms with Gasteiger partial charge in [0.2, 0.25) is 5.82 Å². The zero-order chi connectivity index (χ0) is 12.2. The van der Waals surface area contributed by atoms with Crippen molar-refractivity contribution in [2.45, 2.75) is 20.3 Å². The molecule has 0 amide bonds. The highest BCUT2D eigenvalue weighted by molar-refractivity contribution is 5.28. The number of aromatic nitrogens is 3. The summed E-state index contributed by atoms with van der Waals surface area (Å²) < 4.78 is 0. The molecule has 0 aliphatic heterocycles. The Morgan fingerprint density at radius 3 is 2.69 bits per heavy atom. The Hall–Kier alpha value is -1.63. The second-order valence-electron chi connectivity index (χ2n) is 4.41. The van der Waals surface area contributed by atoms with Crippen LogP contribution in [0.3, 0.4) is 0 Å². The fourth-order valence-electron chi connectivity index (χ4n) is 1.27. The molecule has 90 valence electrons. The molecule has 1 heterocycles. The lowest BCUT2D eigenvalue weighted by Crippen LogP contribution is -2.31. The van der Waals surface area contributed by atoms with Crippen LogP contribution in [0, 0.1) is 5.41 Å². The third-order valence-electron chi connectivity index (χ3n) is 2.27. The molecule has 0 fully saturated rings. The van der Waals surface area contributed by atoms with Gasteiger partial charge in [-0.1, -0.05) is 13.8 Å². The van der Waals surface area contributed by atoms with Gasteiger partial charge < -0.3 is 11.1 Å². The molecule has 0 spiro atoms. The minimum atomic E-state index is -0.614. The quantitative estimate of drug-likeness (QED) is 0.528. The van der Waals surface area contributed by atoms with E-state index in [9.17, 15) is 9.59 Å². The van der Waals surface area contributed by atoms with E-state index in [0.29, 0.717) is 13.1 Å². The van der Waals surface area contributed by atoms with Gasteiger partial charge >= 0.3 is 5.69 Å². The number of hydrogen-bond acceptors (Lipinski definition) is 5. The van der Waals surface area contributed by atoms with Crippen LogP contribution in [0.25, 0.3) is 0 Å². The molecule has 0 atom stereocenters. The summed E-state index contributed by atoms with van der Waals surface area (Å²) in [5.74, 6) is 0.115. The van der Waals surface area contributed by atoms with E-state index in [1.807, 2.05) is 13.8 Å². The first-order valence-electron chi connectivity index (χ1n) is 5.07. The van der Waals surface area contributed by atoms with Gasteiger partial charge in [0.15, 0.2) is 0 Å². The molecule has 5 N–H and O–H groups in total. The number of aromatic amines is 2. The monoisotopic (exact) mass is 227 g/mol. The zero-order valence-electron chi connectivity index (χ0n) is 9.46. The fraction of sp³-hybridized carbons (Fsp3) is 0.667. The molecule has 1 rings (SSSR count). The summed E-state index contributed by atoms with van der Waals surface area (Å²) in [6.45, 7) is 5.22. The second-order valence-corrected chi connectivity index (χ2v) is 4.41. The van der Waals surface area contributed by atoms with Gasteiger partial charge in [-0.05, 0) is 18.4 Å². The van der Waals surface area contributed by atoms with E-state index in [4.69, 9.17) is 5.73 Å². The average molecular weight is 227 g/mol. The number of anilines is 1. The van der Waals surface area contributed by atoms with E-state index in [0.717, 1.165) is 6.42 Å². The Morgan fingerprint density at radius 1 is 1.44 bits per heavy atom. The maximum Gasteiger partial charge on any atom is 0.342 e. The van der Waals surface area contributed by atoms with E-state index in [1.54, 1.807) is 0 Å². The van der Waals surface area contributed by atoms with Crippen molar-refractivity contribution in [2.75, 3.05) is 18.4 Å². The van der Waals surface area contributed by atoms with Crippen LogP contribution in [-0.4, -0.2) is 28.3 Å². The van der Waals surface area contributed by atoms with E-state index in [-0.39, 0.29) is 11.2 Å². The Labute approximate surface area is 92.5 Å². The lowest BCUT2D eigenvalue weighted by atomic mass is 9.89. The first-order chi connectivity index (χ1) is 7.44. The molecular formula is C9H17N5O2. The molecule has 0 aliphatic carbocycles. The summed E-state index contributed by atoms with van der Waals surface area (Å²) in [7, 11) is 0. The molecule has 1 aromatic heterocycles. The van der Waals surface area contributed by atoms with Crippen LogP contribution in [-0.2, 0) is 0 Å². The number of nitrogens with two attached hydrogens (primary N) is 1. The zero-order valence-corrected chi connectivity index (χ0v) is 9.46. The van der Waals surface area contributed by atoms with Crippen LogP contribution in [0.2, 0.25) is 0 Å². The van der Waals surface area contributed by atoms with Crippen LogP contribution in [0.4, 0.5) is 5.82 Å². The standard InChI is InChI=1S/C9H17N5O2/c1-9(2,3-4-10)5-11-6-7(15)12-8(16)14-13-6/h3-5,10H2,1-2H3,(H,11,13)(H2,12,14,15,16). The first-order valence-corrected chi connectivity index (χ1v) is 5.07. The largest absolute Gasteiger partial charge is 0.364 e. The molecule has 0 unspecified atom stereocenters. The van der Waals surface area contributed by atoms with Crippen LogP contribution >= 0.6 is 0 Å². The Balaban J connectivity index is 2.68. The summed E-state index contributed by atoms with van der Waals surface area (Å²) in [5.41, 5.74) is 4.31. The fourth-order valence-corrected chi connectivity index (χ4v) is 1.27. The maximum atomic E-state index is 11.3. The van der Waals surface area contributed by atoms with Crippen molar-refractivity contribution in [3.8, 4) is 0 Å². The summed E-state index contributed by atoms with van der Waals surface area (Å²) in [5, 5.41) is 8.66. The van der Waals surface area contributed by atoms with Gasteiger partial charge in [-0.15, -0.1) is 5.10 Å². The predicted octanol–water partition coefficient (Wildman–Crippen LogP) is -0.755. The number of nitrogens with zero attached hydrogens (tertiary/aromatic N) is 1. The third-order valence-corrected chi connectivity index (χ3v) is 2.27. The average Bonchev–Trinajstić information content (AvgIpc) is 2.16. The van der Waals surface area contributed by atoms with Crippen LogP contribution < -0.4 is 22.3 Å². The molecule has 7 nitrogen and oxygen atoms in total. The van der Waals surface area contributed by atoms with Gasteiger partial charge in [-0.25, -0.2) is 9.89 Å². The van der Waals surface area contributed by atoms with E-state index in [2.05, 4.69) is 20.5 Å². The van der Waals surface area contributed by atoms with Gasteiger partial charge in [0.25, 0.3) is 5.56 Å². The highest BCUT2D eigenvalue weighted by atomic mass is 16.2. The Morgan fingerprint density at radius 2 is 2.12 bits per heavy atom. The van der Waals surface area contributed by atoms with E-state index >= 15 is 0 Å². The van der Waals surface area contributed by atoms with Crippen LogP contribution in [0.1, 0.15) is 20.3 Å². The number of nitrogens with one attached hydrogen (secondary N) is 3. The van der Waals surface area contributed by atoms with Gasteiger partial charge in [0.05, 0.1) is 0 Å². The maximum absolute atomic E-state index is 11.3. The summed E-state index contributed by atoms with van der Waals surface area (Å²) in [6.07, 6.45) is 0.835. The smallest absolute Gasteiger partial charge is 0.342 e. The minimum absolute atomic E-state index is 0.0288. The van der Waals surface area contributed by atoms with Crippen molar-refractivity contribution in [1.29, 1.82) is 0 Å². The number of rotatable bonds is 5. The molecule has 0 radical (unpaired) electrons. The Bertz CT molecular complexity index is 448. The third kappa shape index (κ3) is 3.50. The summed E-state index contributed by atoms with van der Waals surface area (Å²) >= 11 is 0. The number of hydrogen-bond donors (Lipinski definition) is 4. The van der Waals surface area contributed by atoms with Crippen LogP contribution in [0.5, 0.6) is 0 Å². The lowest BCUT2D eigenvalue weighted by molar-refractivity contribution is 0.364. The molecule has 7 heteroatoms. The predicted molar refractivity (Wildman–Crippen MR) is 61.4 cm³/mol. The highest BCUT2D eigenvalue weighted by Gasteiger charge is 2.17. The van der Waals surface area contributed by atoms with Crippen molar-refractivity contribution < 1.29 is 0 Å². The highest BCUT2D eigenvalue weighted by Crippen LogP contribution is 2.18. The lowest BCUT2D eigenvalue weighted by Gasteiger charge is -2.23. The normalized spacial score (nSPS) is 11.4. The Kier molecular flexibility index (Phi) is 3.83. The molecule has 0 aliphatic rings. The minimum Gasteiger partial charge on any atom is -0.364 e. The topological polar surface area (TPSA) is 117 Å². The number of H-pyrrole nitrogens is 2. The van der Waals surface area contributed by atoms with Crippen molar-refractivity contribution in [3.05, 3.63) is 20.8 Å². The molecule has 0 aromatic carbocycles. The van der Waals surface area contributed by atoms with E-state index in [1.165, 1.54) is 0 Å². The van der Waals surface area contributed by atoms with E-state index < -0.39 is 11.2 Å². The second kappa shape index (κ2) is 4.93. The van der Waals surface area contributed by atoms with Gasteiger partial charge in [-0.3, -0.25) is 9.78 Å². The molecule has 0 saturated carbocycles. The molecule has 1 aromatic rings. The molecular weight excluding hydrogens is 210 g/mol. The van der Waals surface area contributed by atoms with Crippen molar-refractivity contribution in [2.24, 2.45) is 11.1 Å². The van der Waals surface area contributed by atoms with Gasteiger partial charge in [0, 0.05) is 6.54 Å². The van der Waals surface area contributed by atoms with Gasteiger partial charge in [0.1, 0.15) is 0 Å². The first kappa shape index (κ1) is 12.4. The molecule has 0 bridgehead atoms. The van der Waals surface area contributed by atoms with Crippen LogP contribution in [0.15, 0.2) is 9.59 Å². The summed E-state index contributed by atoms with van der Waals surface area (Å²) in [4.78, 5) is 24.1. The summed E-state index contributed by atoms with van der Waals surface area (Å²) in [6, 6.07) is 0. The van der Waals surface area contributed by atoms with Crippen molar-refractivity contribution >= 4 is 5.82 Å². The van der Waals surface area contributed by atoms with Gasteiger partial charge in [-0.2, -0.15) is 0 Å². The SMILES string of the molecule is CC(C)(CCN)CNc1n[nH]c(=O)[nH]c1=O. The molecule has 0 saturated heterocycles. The van der Waals surface area contributed by atoms with Crippen molar-refractivity contribution in [1.82, 2.24) is 15.2 Å². The molecule has 16 heavy (non-hydrogen) atoms. The van der Waals surface area contributed by atoms with Crippen molar-refractivity contribution in [3.63, 3.8) is 0 Å².